The van der Waals surface area contributed by atoms with Gasteiger partial charge in [0.05, 0.1) is 12.8 Å². The van der Waals surface area contributed by atoms with Crippen molar-refractivity contribution < 1.29 is 33.0 Å². The second kappa shape index (κ2) is 8.55. The Morgan fingerprint density at radius 2 is 2.19 bits per heavy atom. The molecular weight excluding hydrogens is 398 g/mol. The molecule has 1 aromatic heterocycles. The van der Waals surface area contributed by atoms with E-state index in [9.17, 15) is 23.3 Å². The third kappa shape index (κ3) is 5.83. The maximum absolute atomic E-state index is 14.1. The van der Waals surface area contributed by atoms with E-state index in [1.807, 2.05) is 4.98 Å². The van der Waals surface area contributed by atoms with Crippen LogP contribution in [0.15, 0.2) is 15.8 Å². The van der Waals surface area contributed by atoms with Crippen LogP contribution in [-0.4, -0.2) is 56.8 Å². The number of rotatable bonds is 8. The molecule has 0 aromatic carbocycles. The van der Waals surface area contributed by atoms with Crippen LogP contribution >= 0.6 is 19.2 Å². The number of carbonyl (C=O) groups excluding carboxylic acids is 1. The summed E-state index contributed by atoms with van der Waals surface area (Å²) in [5, 5.41) is -0.251. The summed E-state index contributed by atoms with van der Waals surface area (Å²) in [4.78, 5) is 53.8. The molecule has 0 saturated carbocycles. The van der Waals surface area contributed by atoms with Gasteiger partial charge < -0.3 is 19.3 Å². The van der Waals surface area contributed by atoms with Gasteiger partial charge in [0.2, 0.25) is 0 Å². The minimum absolute atomic E-state index is 0.178. The fourth-order valence-electron chi connectivity index (χ4n) is 2.32. The van der Waals surface area contributed by atoms with Gasteiger partial charge in [-0.05, 0) is 0 Å². The highest BCUT2D eigenvalue weighted by molar-refractivity contribution is 7.51. The number of H-pyrrole nitrogens is 1. The van der Waals surface area contributed by atoms with Crippen molar-refractivity contribution >= 4 is 25.0 Å². The molecule has 1 unspecified atom stereocenters. The molecule has 1 aliphatic heterocycles. The SMILES string of the molecule is O=C(CCP(=O)(O)O)COC[C@@H]1O[C@H](n2cc(Cl)c(=O)[nH]c2=O)CC1F. The topological polar surface area (TPSA) is 148 Å². The van der Waals surface area contributed by atoms with Crippen LogP contribution < -0.4 is 11.2 Å². The van der Waals surface area contributed by atoms with Crippen LogP contribution in [0.1, 0.15) is 19.1 Å². The monoisotopic (exact) mass is 414 g/mol. The van der Waals surface area contributed by atoms with Gasteiger partial charge in [-0.25, -0.2) is 9.18 Å². The maximum Gasteiger partial charge on any atom is 0.330 e. The lowest BCUT2D eigenvalue weighted by Gasteiger charge is -2.15. The summed E-state index contributed by atoms with van der Waals surface area (Å²) in [6.45, 7) is -0.729. The number of hydrogen-bond acceptors (Lipinski definition) is 6. The van der Waals surface area contributed by atoms with E-state index >= 15 is 0 Å². The number of halogens is 2. The first kappa shape index (κ1) is 20.9. The highest BCUT2D eigenvalue weighted by Gasteiger charge is 2.37. The molecule has 1 aromatic rings. The molecule has 10 nitrogen and oxygen atoms in total. The first-order valence-electron chi connectivity index (χ1n) is 7.51. The van der Waals surface area contributed by atoms with Crippen LogP contribution in [0.4, 0.5) is 4.39 Å². The summed E-state index contributed by atoms with van der Waals surface area (Å²) < 4.78 is 36.1. The Kier molecular flexibility index (Phi) is 6.89. The van der Waals surface area contributed by atoms with Crippen molar-refractivity contribution in [3.8, 4) is 0 Å². The number of hydrogen-bond donors (Lipinski definition) is 3. The number of nitrogens with one attached hydrogen (secondary N) is 1. The Morgan fingerprint density at radius 3 is 2.85 bits per heavy atom. The zero-order valence-electron chi connectivity index (χ0n) is 13.3. The molecule has 146 valence electrons. The van der Waals surface area contributed by atoms with Gasteiger partial charge in [-0.3, -0.25) is 23.7 Å². The van der Waals surface area contributed by atoms with E-state index in [-0.39, 0.29) is 24.5 Å². The van der Waals surface area contributed by atoms with Gasteiger partial charge in [-0.1, -0.05) is 11.6 Å². The molecule has 26 heavy (non-hydrogen) atoms. The van der Waals surface area contributed by atoms with Gasteiger partial charge >= 0.3 is 13.3 Å². The van der Waals surface area contributed by atoms with E-state index in [1.165, 1.54) is 0 Å². The highest BCUT2D eigenvalue weighted by Crippen LogP contribution is 2.35. The lowest BCUT2D eigenvalue weighted by molar-refractivity contribution is -0.125. The first-order valence-corrected chi connectivity index (χ1v) is 9.69. The number of nitrogens with zero attached hydrogens (tertiary/aromatic N) is 1. The van der Waals surface area contributed by atoms with E-state index in [0.29, 0.717) is 0 Å². The third-order valence-electron chi connectivity index (χ3n) is 3.62. The van der Waals surface area contributed by atoms with E-state index in [1.54, 1.807) is 0 Å². The zero-order chi connectivity index (χ0) is 19.5. The molecule has 0 bridgehead atoms. The summed E-state index contributed by atoms with van der Waals surface area (Å²) in [6.07, 6.45) is -3.60. The first-order chi connectivity index (χ1) is 12.1. The molecular formula is C13H17ClFN2O8P. The molecule has 3 N–H and O–H groups in total. The number of carbonyl (C=O) groups is 1. The van der Waals surface area contributed by atoms with Crippen LogP contribution in [0, 0.1) is 0 Å². The van der Waals surface area contributed by atoms with Gasteiger partial charge in [-0.2, -0.15) is 0 Å². The van der Waals surface area contributed by atoms with Crippen LogP contribution in [0.5, 0.6) is 0 Å². The molecule has 0 amide bonds. The minimum Gasteiger partial charge on any atom is -0.371 e. The third-order valence-corrected chi connectivity index (χ3v) is 4.70. The smallest absolute Gasteiger partial charge is 0.330 e. The van der Waals surface area contributed by atoms with E-state index < -0.39 is 55.9 Å². The minimum atomic E-state index is -4.27. The number of aromatic amines is 1. The Balaban J connectivity index is 1.87. The van der Waals surface area contributed by atoms with Crippen molar-refractivity contribution in [3.63, 3.8) is 0 Å². The van der Waals surface area contributed by atoms with Gasteiger partial charge in [0.15, 0.2) is 5.78 Å². The summed E-state index contributed by atoms with van der Waals surface area (Å²) in [5.41, 5.74) is -1.57. The maximum atomic E-state index is 14.1. The highest BCUT2D eigenvalue weighted by atomic mass is 35.5. The summed E-state index contributed by atoms with van der Waals surface area (Å²) in [5.74, 6) is -0.540. The Morgan fingerprint density at radius 1 is 1.50 bits per heavy atom. The van der Waals surface area contributed by atoms with Crippen LogP contribution in [-0.2, 0) is 18.8 Å². The molecule has 0 aliphatic carbocycles. The van der Waals surface area contributed by atoms with Crippen molar-refractivity contribution in [2.75, 3.05) is 19.4 Å². The molecule has 0 radical (unpaired) electrons. The summed E-state index contributed by atoms with van der Waals surface area (Å²) >= 11 is 5.65. The number of alkyl halides is 1. The average molecular weight is 415 g/mol. The lowest BCUT2D eigenvalue weighted by Crippen LogP contribution is -2.32. The summed E-state index contributed by atoms with van der Waals surface area (Å²) in [6, 6.07) is 0. The van der Waals surface area contributed by atoms with Crippen molar-refractivity contribution in [1.82, 2.24) is 9.55 Å². The predicted octanol–water partition coefficient (Wildman–Crippen LogP) is -0.0309. The van der Waals surface area contributed by atoms with Crippen molar-refractivity contribution in [2.24, 2.45) is 0 Å². The summed E-state index contributed by atoms with van der Waals surface area (Å²) in [7, 11) is -4.27. The molecule has 13 heteroatoms. The van der Waals surface area contributed by atoms with Crippen LogP contribution in [0.3, 0.4) is 0 Å². The Bertz CT molecular complexity index is 821. The Labute approximate surface area is 151 Å². The standard InChI is InChI=1S/C13H17ClFN2O8P/c14-8-4-17(13(20)16-12(8)19)11-3-9(15)10(25-11)6-24-5-7(18)1-2-26(21,22)23/h4,9-11H,1-3,5-6H2,(H,16,19,20)(H2,21,22,23)/t9?,10-,11-/m0/s1. The number of ketones is 1. The number of ether oxygens (including phenoxy) is 2. The second-order valence-electron chi connectivity index (χ2n) is 5.72. The zero-order valence-corrected chi connectivity index (χ0v) is 15.0. The molecule has 3 atom stereocenters. The fraction of sp³-hybridized carbons (Fsp3) is 0.615. The number of Topliss-reactive ketones (excluding diaryl/α,β-unsaturated/α-hetero) is 1. The van der Waals surface area contributed by atoms with Crippen molar-refractivity contribution in [2.45, 2.75) is 31.3 Å². The molecule has 1 saturated heterocycles. The molecule has 2 heterocycles. The second-order valence-corrected chi connectivity index (χ2v) is 7.90. The van der Waals surface area contributed by atoms with Crippen molar-refractivity contribution in [3.05, 3.63) is 32.1 Å². The van der Waals surface area contributed by atoms with Gasteiger partial charge in [0, 0.05) is 19.0 Å². The average Bonchev–Trinajstić information content (AvgIpc) is 2.89. The molecule has 1 aliphatic rings. The van der Waals surface area contributed by atoms with Gasteiger partial charge in [-0.15, -0.1) is 0 Å². The van der Waals surface area contributed by atoms with E-state index in [4.69, 9.17) is 30.9 Å². The van der Waals surface area contributed by atoms with Gasteiger partial charge in [0.25, 0.3) is 5.56 Å². The quantitative estimate of drug-likeness (QED) is 0.502. The predicted molar refractivity (Wildman–Crippen MR) is 87.1 cm³/mol. The van der Waals surface area contributed by atoms with Crippen molar-refractivity contribution in [1.29, 1.82) is 0 Å². The van der Waals surface area contributed by atoms with Crippen LogP contribution in [0.25, 0.3) is 0 Å². The molecule has 1 fully saturated rings. The lowest BCUT2D eigenvalue weighted by atomic mass is 10.2. The van der Waals surface area contributed by atoms with E-state index in [2.05, 4.69) is 0 Å². The Hall–Kier alpha value is -1.36. The van der Waals surface area contributed by atoms with Gasteiger partial charge in [0.1, 0.15) is 30.1 Å². The van der Waals surface area contributed by atoms with E-state index in [0.717, 1.165) is 10.8 Å². The fourth-order valence-corrected chi connectivity index (χ4v) is 3.01. The number of aromatic nitrogens is 2. The van der Waals surface area contributed by atoms with Crippen LogP contribution in [0.2, 0.25) is 5.02 Å². The molecule has 2 rings (SSSR count). The normalized spacial score (nSPS) is 23.3. The molecule has 0 spiro atoms. The largest absolute Gasteiger partial charge is 0.371 e.